The molecule has 3 aromatic rings. The van der Waals surface area contributed by atoms with E-state index in [1.54, 1.807) is 43.4 Å². The van der Waals surface area contributed by atoms with E-state index in [4.69, 9.17) is 27.6 Å². The summed E-state index contributed by atoms with van der Waals surface area (Å²) >= 11 is 12.1. The number of aliphatic hydroxyl groups is 1. The molecule has 0 fully saturated rings. The Morgan fingerprint density at radius 2 is 2.00 bits per heavy atom. The van der Waals surface area contributed by atoms with Crippen LogP contribution in [0.25, 0.3) is 11.1 Å². The number of halogens is 2. The SMILES string of the molecule is Cn1c(=O)oc2cc(C(O)c3cccc(Cl)c3)c(Cl)cc21. The van der Waals surface area contributed by atoms with Gasteiger partial charge in [-0.2, -0.15) is 0 Å². The Bertz CT molecular complexity index is 882. The number of oxazole rings is 1. The lowest BCUT2D eigenvalue weighted by Crippen LogP contribution is -2.08. The summed E-state index contributed by atoms with van der Waals surface area (Å²) < 4.78 is 6.47. The van der Waals surface area contributed by atoms with Gasteiger partial charge in [0.1, 0.15) is 6.10 Å². The van der Waals surface area contributed by atoms with Crippen LogP contribution in [0, 0.1) is 0 Å². The lowest BCUT2D eigenvalue weighted by atomic mass is 10.0. The molecular weight excluding hydrogens is 313 g/mol. The van der Waals surface area contributed by atoms with Gasteiger partial charge in [-0.15, -0.1) is 0 Å². The first-order valence-corrected chi connectivity index (χ1v) is 6.95. The van der Waals surface area contributed by atoms with E-state index < -0.39 is 11.9 Å². The molecule has 0 amide bonds. The van der Waals surface area contributed by atoms with Crippen LogP contribution in [0.4, 0.5) is 0 Å². The fraction of sp³-hybridized carbons (Fsp3) is 0.133. The van der Waals surface area contributed by atoms with Crippen LogP contribution in [-0.2, 0) is 7.05 Å². The summed E-state index contributed by atoms with van der Waals surface area (Å²) in [7, 11) is 1.59. The summed E-state index contributed by atoms with van der Waals surface area (Å²) in [5, 5.41) is 11.3. The molecule has 0 saturated carbocycles. The average Bonchev–Trinajstić information content (AvgIpc) is 2.73. The third kappa shape index (κ3) is 2.46. The third-order valence-corrected chi connectivity index (χ3v) is 3.93. The Labute approximate surface area is 130 Å². The Balaban J connectivity index is 2.16. The molecule has 1 atom stereocenters. The Morgan fingerprint density at radius 1 is 1.24 bits per heavy atom. The van der Waals surface area contributed by atoms with Gasteiger partial charge in [0.05, 0.1) is 5.52 Å². The normalized spacial score (nSPS) is 12.8. The average molecular weight is 324 g/mol. The van der Waals surface area contributed by atoms with Crippen molar-refractivity contribution in [1.82, 2.24) is 4.57 Å². The van der Waals surface area contributed by atoms with Crippen molar-refractivity contribution in [2.75, 3.05) is 0 Å². The van der Waals surface area contributed by atoms with Crippen LogP contribution in [-0.4, -0.2) is 9.67 Å². The monoisotopic (exact) mass is 323 g/mol. The smallest absolute Gasteiger partial charge is 0.408 e. The van der Waals surface area contributed by atoms with Crippen LogP contribution in [0.1, 0.15) is 17.2 Å². The molecule has 1 N–H and O–H groups in total. The Kier molecular flexibility index (Phi) is 3.53. The minimum absolute atomic E-state index is 0.353. The molecule has 0 aliphatic heterocycles. The molecule has 1 unspecified atom stereocenters. The molecule has 6 heteroatoms. The van der Waals surface area contributed by atoms with E-state index in [0.29, 0.717) is 32.3 Å². The predicted molar refractivity (Wildman–Crippen MR) is 82.0 cm³/mol. The molecule has 4 nitrogen and oxygen atoms in total. The standard InChI is InChI=1S/C15H11Cl2NO3/c1-18-12-7-11(17)10(6-13(12)21-15(18)20)14(19)8-3-2-4-9(16)5-8/h2-7,14,19H,1H3. The zero-order valence-electron chi connectivity index (χ0n) is 11.0. The van der Waals surface area contributed by atoms with Crippen LogP contribution >= 0.6 is 23.2 Å². The lowest BCUT2D eigenvalue weighted by Gasteiger charge is -2.13. The van der Waals surface area contributed by atoms with Crippen molar-refractivity contribution < 1.29 is 9.52 Å². The van der Waals surface area contributed by atoms with E-state index in [0.717, 1.165) is 0 Å². The highest BCUT2D eigenvalue weighted by molar-refractivity contribution is 6.32. The van der Waals surface area contributed by atoms with Crippen LogP contribution in [0.3, 0.4) is 0 Å². The van der Waals surface area contributed by atoms with E-state index in [-0.39, 0.29) is 0 Å². The maximum Gasteiger partial charge on any atom is 0.419 e. The molecule has 21 heavy (non-hydrogen) atoms. The number of hydrogen-bond acceptors (Lipinski definition) is 3. The highest BCUT2D eigenvalue weighted by atomic mass is 35.5. The molecule has 108 valence electrons. The molecule has 0 bridgehead atoms. The number of benzene rings is 2. The highest BCUT2D eigenvalue weighted by Gasteiger charge is 2.18. The van der Waals surface area contributed by atoms with E-state index in [9.17, 15) is 9.90 Å². The predicted octanol–water partition coefficient (Wildman–Crippen LogP) is 3.52. The van der Waals surface area contributed by atoms with Gasteiger partial charge < -0.3 is 9.52 Å². The second-order valence-corrected chi connectivity index (χ2v) is 5.57. The number of aliphatic hydroxyl groups excluding tert-OH is 1. The molecule has 0 aliphatic carbocycles. The molecule has 0 aliphatic rings. The van der Waals surface area contributed by atoms with Crippen LogP contribution in [0.5, 0.6) is 0 Å². The molecule has 0 saturated heterocycles. The molecule has 2 aromatic carbocycles. The van der Waals surface area contributed by atoms with Crippen molar-refractivity contribution in [3.05, 3.63) is 68.1 Å². The maximum absolute atomic E-state index is 11.5. The number of hydrogen-bond donors (Lipinski definition) is 1. The van der Waals surface area contributed by atoms with Gasteiger partial charge in [-0.05, 0) is 29.8 Å². The minimum Gasteiger partial charge on any atom is -0.408 e. The van der Waals surface area contributed by atoms with Gasteiger partial charge in [0.25, 0.3) is 0 Å². The molecular formula is C15H11Cl2NO3. The molecule has 0 spiro atoms. The lowest BCUT2D eigenvalue weighted by molar-refractivity contribution is 0.220. The fourth-order valence-corrected chi connectivity index (χ4v) is 2.69. The highest BCUT2D eigenvalue weighted by Crippen LogP contribution is 2.32. The second-order valence-electron chi connectivity index (χ2n) is 4.73. The summed E-state index contributed by atoms with van der Waals surface area (Å²) in [6.45, 7) is 0. The van der Waals surface area contributed by atoms with Crippen molar-refractivity contribution in [3.63, 3.8) is 0 Å². The first kappa shape index (κ1) is 14.2. The molecule has 1 aromatic heterocycles. The number of nitrogens with zero attached hydrogens (tertiary/aromatic N) is 1. The third-order valence-electron chi connectivity index (χ3n) is 3.37. The minimum atomic E-state index is -0.953. The summed E-state index contributed by atoms with van der Waals surface area (Å²) in [6.07, 6.45) is -0.953. The van der Waals surface area contributed by atoms with Gasteiger partial charge in [0.15, 0.2) is 5.58 Å². The van der Waals surface area contributed by atoms with Gasteiger partial charge >= 0.3 is 5.76 Å². The van der Waals surface area contributed by atoms with Crippen molar-refractivity contribution in [3.8, 4) is 0 Å². The Hall–Kier alpha value is -1.75. The number of rotatable bonds is 2. The van der Waals surface area contributed by atoms with Gasteiger partial charge in [0.2, 0.25) is 0 Å². The van der Waals surface area contributed by atoms with Crippen molar-refractivity contribution in [2.24, 2.45) is 7.05 Å². The second kappa shape index (κ2) is 5.22. The van der Waals surface area contributed by atoms with E-state index in [1.807, 2.05) is 0 Å². The van der Waals surface area contributed by atoms with Gasteiger partial charge in [-0.25, -0.2) is 4.79 Å². The molecule has 1 heterocycles. The summed E-state index contributed by atoms with van der Waals surface area (Å²) in [4.78, 5) is 11.5. The topological polar surface area (TPSA) is 55.4 Å². The van der Waals surface area contributed by atoms with Crippen molar-refractivity contribution in [2.45, 2.75) is 6.10 Å². The van der Waals surface area contributed by atoms with Crippen molar-refractivity contribution in [1.29, 1.82) is 0 Å². The largest absolute Gasteiger partial charge is 0.419 e. The summed E-state index contributed by atoms with van der Waals surface area (Å²) in [5.74, 6) is -0.476. The maximum atomic E-state index is 11.5. The number of fused-ring (bicyclic) bond motifs is 1. The summed E-state index contributed by atoms with van der Waals surface area (Å²) in [6, 6.07) is 10.1. The first-order valence-electron chi connectivity index (χ1n) is 6.20. The van der Waals surface area contributed by atoms with Gasteiger partial charge in [-0.1, -0.05) is 35.3 Å². The van der Waals surface area contributed by atoms with Gasteiger partial charge in [0, 0.05) is 22.7 Å². The van der Waals surface area contributed by atoms with E-state index >= 15 is 0 Å². The molecule has 0 radical (unpaired) electrons. The van der Waals surface area contributed by atoms with Crippen LogP contribution < -0.4 is 5.76 Å². The quantitative estimate of drug-likeness (QED) is 0.785. The zero-order valence-corrected chi connectivity index (χ0v) is 12.5. The first-order chi connectivity index (χ1) is 9.97. The fourth-order valence-electron chi connectivity index (χ4n) is 2.23. The van der Waals surface area contributed by atoms with Gasteiger partial charge in [-0.3, -0.25) is 4.57 Å². The number of aryl methyl sites for hydroxylation is 1. The molecule has 3 rings (SSSR count). The van der Waals surface area contributed by atoms with E-state index in [1.165, 1.54) is 4.57 Å². The Morgan fingerprint density at radius 3 is 2.71 bits per heavy atom. The zero-order chi connectivity index (χ0) is 15.1. The van der Waals surface area contributed by atoms with E-state index in [2.05, 4.69) is 0 Å². The van der Waals surface area contributed by atoms with Crippen LogP contribution in [0.2, 0.25) is 10.0 Å². The number of aromatic nitrogens is 1. The van der Waals surface area contributed by atoms with Crippen molar-refractivity contribution >= 4 is 34.3 Å². The summed E-state index contributed by atoms with van der Waals surface area (Å²) in [5.41, 5.74) is 2.03. The van der Waals surface area contributed by atoms with Crippen LogP contribution in [0.15, 0.2) is 45.6 Å².